The molecule has 140 valence electrons. The number of carbonyl (C=O) groups excluding carboxylic acids is 1. The SMILES string of the molecule is C[C@@H](Sc1nnc(-c2ccccc2Cl)n1C)C(=O)N(C)Cc1ccccc1. The van der Waals surface area contributed by atoms with Gasteiger partial charge >= 0.3 is 0 Å². The third-order valence-electron chi connectivity index (χ3n) is 4.22. The largest absolute Gasteiger partial charge is 0.340 e. The Hall–Kier alpha value is -2.31. The minimum absolute atomic E-state index is 0.0474. The van der Waals surface area contributed by atoms with E-state index in [9.17, 15) is 4.79 Å². The summed E-state index contributed by atoms with van der Waals surface area (Å²) in [4.78, 5) is 14.5. The molecule has 0 radical (unpaired) electrons. The summed E-state index contributed by atoms with van der Waals surface area (Å²) in [6.45, 7) is 2.46. The van der Waals surface area contributed by atoms with Crippen LogP contribution in [0.5, 0.6) is 0 Å². The van der Waals surface area contributed by atoms with Crippen LogP contribution in [0.15, 0.2) is 59.8 Å². The first kappa shape index (κ1) is 19.5. The molecule has 0 spiro atoms. The van der Waals surface area contributed by atoms with Gasteiger partial charge in [-0.2, -0.15) is 0 Å². The van der Waals surface area contributed by atoms with E-state index in [0.29, 0.717) is 22.5 Å². The molecule has 0 N–H and O–H groups in total. The number of aromatic nitrogens is 3. The molecule has 1 atom stereocenters. The van der Waals surface area contributed by atoms with E-state index >= 15 is 0 Å². The molecule has 3 rings (SSSR count). The number of rotatable bonds is 6. The highest BCUT2D eigenvalue weighted by Crippen LogP contribution is 2.30. The predicted octanol–water partition coefficient (Wildman–Crippen LogP) is 4.27. The summed E-state index contributed by atoms with van der Waals surface area (Å²) >= 11 is 7.66. The summed E-state index contributed by atoms with van der Waals surface area (Å²) < 4.78 is 1.87. The maximum absolute atomic E-state index is 12.7. The fourth-order valence-corrected chi connectivity index (χ4v) is 3.90. The molecule has 3 aromatic rings. The second kappa shape index (κ2) is 8.59. The lowest BCUT2D eigenvalue weighted by Crippen LogP contribution is -2.32. The van der Waals surface area contributed by atoms with Crippen LogP contribution in [0.25, 0.3) is 11.4 Å². The van der Waals surface area contributed by atoms with Crippen LogP contribution in [0.4, 0.5) is 0 Å². The quantitative estimate of drug-likeness (QED) is 0.579. The molecule has 1 aromatic heterocycles. The van der Waals surface area contributed by atoms with Gasteiger partial charge in [0.2, 0.25) is 5.91 Å². The van der Waals surface area contributed by atoms with E-state index in [-0.39, 0.29) is 11.2 Å². The highest BCUT2D eigenvalue weighted by Gasteiger charge is 2.22. The monoisotopic (exact) mass is 400 g/mol. The molecule has 2 aromatic carbocycles. The summed E-state index contributed by atoms with van der Waals surface area (Å²) in [5.74, 6) is 0.728. The highest BCUT2D eigenvalue weighted by atomic mass is 35.5. The van der Waals surface area contributed by atoms with Gasteiger partial charge in [-0.15, -0.1) is 10.2 Å². The van der Waals surface area contributed by atoms with Crippen molar-refractivity contribution in [3.05, 3.63) is 65.2 Å². The van der Waals surface area contributed by atoms with Crippen LogP contribution in [0.2, 0.25) is 5.02 Å². The number of hydrogen-bond acceptors (Lipinski definition) is 4. The van der Waals surface area contributed by atoms with Crippen molar-refractivity contribution >= 4 is 29.3 Å². The van der Waals surface area contributed by atoms with Gasteiger partial charge in [0.05, 0.1) is 10.3 Å². The molecule has 0 aliphatic heterocycles. The van der Waals surface area contributed by atoms with Gasteiger partial charge < -0.3 is 9.47 Å². The zero-order valence-corrected chi connectivity index (χ0v) is 17.0. The lowest BCUT2D eigenvalue weighted by molar-refractivity contribution is -0.129. The standard InChI is InChI=1S/C20H21ClN4OS/c1-14(19(26)24(2)13-15-9-5-4-6-10-15)27-20-23-22-18(25(20)3)16-11-7-8-12-17(16)21/h4-12,14H,13H2,1-3H3/t14-/m1/s1. The molecule has 0 unspecified atom stereocenters. The average molecular weight is 401 g/mol. The first-order chi connectivity index (χ1) is 13.0. The molecule has 0 bridgehead atoms. The van der Waals surface area contributed by atoms with E-state index in [1.54, 1.807) is 4.90 Å². The Bertz CT molecular complexity index is 929. The first-order valence-corrected chi connectivity index (χ1v) is 9.83. The highest BCUT2D eigenvalue weighted by molar-refractivity contribution is 8.00. The molecule has 0 fully saturated rings. The van der Waals surface area contributed by atoms with Crippen LogP contribution < -0.4 is 0 Å². The summed E-state index contributed by atoms with van der Waals surface area (Å²) in [5.41, 5.74) is 1.92. The minimum atomic E-state index is -0.277. The van der Waals surface area contributed by atoms with Crippen LogP contribution in [0.3, 0.4) is 0 Å². The third-order valence-corrected chi connectivity index (χ3v) is 5.67. The van der Waals surface area contributed by atoms with Crippen LogP contribution in [0, 0.1) is 0 Å². The van der Waals surface area contributed by atoms with Crippen molar-refractivity contribution in [2.75, 3.05) is 7.05 Å². The maximum atomic E-state index is 12.7. The topological polar surface area (TPSA) is 51.0 Å². The summed E-state index contributed by atoms with van der Waals surface area (Å²) in [5, 5.41) is 9.52. The van der Waals surface area contributed by atoms with Crippen molar-refractivity contribution in [1.82, 2.24) is 19.7 Å². The fraction of sp³-hybridized carbons (Fsp3) is 0.250. The van der Waals surface area contributed by atoms with E-state index < -0.39 is 0 Å². The van der Waals surface area contributed by atoms with Crippen LogP contribution in [-0.2, 0) is 18.4 Å². The molecule has 27 heavy (non-hydrogen) atoms. The zero-order chi connectivity index (χ0) is 19.4. The minimum Gasteiger partial charge on any atom is -0.340 e. The second-order valence-corrected chi connectivity index (χ2v) is 8.00. The normalized spacial score (nSPS) is 12.0. The lowest BCUT2D eigenvalue weighted by Gasteiger charge is -2.21. The summed E-state index contributed by atoms with van der Waals surface area (Å²) in [6.07, 6.45) is 0. The van der Waals surface area contributed by atoms with Crippen molar-refractivity contribution in [3.63, 3.8) is 0 Å². The van der Waals surface area contributed by atoms with Gasteiger partial charge in [0.1, 0.15) is 0 Å². The Morgan fingerprint density at radius 3 is 2.52 bits per heavy atom. The van der Waals surface area contributed by atoms with Crippen LogP contribution in [0.1, 0.15) is 12.5 Å². The smallest absolute Gasteiger partial charge is 0.235 e. The van der Waals surface area contributed by atoms with Gasteiger partial charge in [-0.05, 0) is 24.6 Å². The molecule has 0 saturated heterocycles. The van der Waals surface area contributed by atoms with Gasteiger partial charge in [-0.1, -0.05) is 65.8 Å². The third kappa shape index (κ3) is 4.51. The molecule has 5 nitrogen and oxygen atoms in total. The molecular weight excluding hydrogens is 380 g/mol. The van der Waals surface area contributed by atoms with E-state index in [1.165, 1.54) is 11.8 Å². The number of thioether (sulfide) groups is 1. The predicted molar refractivity (Wildman–Crippen MR) is 110 cm³/mol. The van der Waals surface area contributed by atoms with Crippen molar-refractivity contribution in [2.45, 2.75) is 23.9 Å². The molecule has 0 saturated carbocycles. The van der Waals surface area contributed by atoms with Crippen molar-refractivity contribution in [2.24, 2.45) is 7.05 Å². The van der Waals surface area contributed by atoms with Crippen molar-refractivity contribution in [3.8, 4) is 11.4 Å². The van der Waals surface area contributed by atoms with Gasteiger partial charge in [0, 0.05) is 26.2 Å². The molecule has 1 amide bonds. The summed E-state index contributed by atoms with van der Waals surface area (Å²) in [7, 11) is 3.70. The molecule has 0 aliphatic carbocycles. The Morgan fingerprint density at radius 2 is 1.81 bits per heavy atom. The summed E-state index contributed by atoms with van der Waals surface area (Å²) in [6, 6.07) is 17.5. The van der Waals surface area contributed by atoms with Crippen LogP contribution in [-0.4, -0.2) is 37.9 Å². The first-order valence-electron chi connectivity index (χ1n) is 8.57. The van der Waals surface area contributed by atoms with E-state index in [1.807, 2.05) is 80.2 Å². The second-order valence-electron chi connectivity index (χ2n) is 6.29. The van der Waals surface area contributed by atoms with E-state index in [4.69, 9.17) is 11.6 Å². The van der Waals surface area contributed by atoms with Crippen molar-refractivity contribution < 1.29 is 4.79 Å². The fourth-order valence-electron chi connectivity index (χ4n) is 2.75. The number of hydrogen-bond donors (Lipinski definition) is 0. The maximum Gasteiger partial charge on any atom is 0.235 e. The molecule has 0 aliphatic rings. The number of nitrogens with zero attached hydrogens (tertiary/aromatic N) is 4. The number of carbonyl (C=O) groups is 1. The Kier molecular flexibility index (Phi) is 6.19. The van der Waals surface area contributed by atoms with Gasteiger partial charge in [0.25, 0.3) is 0 Å². The average Bonchev–Trinajstić information content (AvgIpc) is 3.02. The number of benzene rings is 2. The molecular formula is C20H21ClN4OS. The Morgan fingerprint density at radius 1 is 1.15 bits per heavy atom. The number of halogens is 1. The van der Waals surface area contributed by atoms with Gasteiger partial charge in [0.15, 0.2) is 11.0 Å². The van der Waals surface area contributed by atoms with Crippen molar-refractivity contribution in [1.29, 1.82) is 0 Å². The Labute approximate surface area is 168 Å². The molecule has 7 heteroatoms. The Balaban J connectivity index is 1.70. The van der Waals surface area contributed by atoms with Gasteiger partial charge in [-0.25, -0.2) is 0 Å². The lowest BCUT2D eigenvalue weighted by atomic mass is 10.2. The van der Waals surface area contributed by atoms with E-state index in [0.717, 1.165) is 11.1 Å². The van der Waals surface area contributed by atoms with E-state index in [2.05, 4.69) is 10.2 Å². The van der Waals surface area contributed by atoms with Crippen LogP contribution >= 0.6 is 23.4 Å². The van der Waals surface area contributed by atoms with Gasteiger partial charge in [-0.3, -0.25) is 4.79 Å². The zero-order valence-electron chi connectivity index (χ0n) is 15.5. The number of amides is 1. The molecule has 1 heterocycles.